The van der Waals surface area contributed by atoms with Gasteiger partial charge in [-0.05, 0) is 6.42 Å². The molecule has 12 heavy (non-hydrogen) atoms. The van der Waals surface area contributed by atoms with Gasteiger partial charge in [0.15, 0.2) is 0 Å². The zero-order valence-corrected chi connectivity index (χ0v) is 8.39. The van der Waals surface area contributed by atoms with Crippen molar-refractivity contribution >= 4 is 16.8 Å². The average Bonchev–Trinajstić information content (AvgIpc) is 2.11. The molecule has 0 aliphatic rings. The summed E-state index contributed by atoms with van der Waals surface area (Å²) in [6, 6.07) is 0. The first kappa shape index (κ1) is 11.4. The number of ether oxygens (including phenoxy) is 1. The van der Waals surface area contributed by atoms with Crippen LogP contribution in [0.1, 0.15) is 20.3 Å². The molecule has 0 aromatic heterocycles. The van der Waals surface area contributed by atoms with Crippen LogP contribution in [0.25, 0.3) is 0 Å². The third-order valence-corrected chi connectivity index (χ3v) is 3.04. The summed E-state index contributed by atoms with van der Waals surface area (Å²) in [5, 5.41) is 1.46. The molecule has 2 atom stereocenters. The van der Waals surface area contributed by atoms with E-state index in [-0.39, 0.29) is 5.25 Å². The minimum absolute atomic E-state index is 0.0888. The van der Waals surface area contributed by atoms with Crippen LogP contribution >= 0.6 is 0 Å². The van der Waals surface area contributed by atoms with Gasteiger partial charge in [0.2, 0.25) is 0 Å². The molecule has 70 valence electrons. The van der Waals surface area contributed by atoms with Crippen LogP contribution in [0.5, 0.6) is 0 Å². The second-order valence-corrected chi connectivity index (χ2v) is 4.11. The second kappa shape index (κ2) is 5.94. The van der Waals surface area contributed by atoms with E-state index in [4.69, 9.17) is 0 Å². The zero-order valence-electron chi connectivity index (χ0n) is 7.57. The quantitative estimate of drug-likeness (QED) is 0.494. The van der Waals surface area contributed by atoms with Gasteiger partial charge in [0.1, 0.15) is 0 Å². The van der Waals surface area contributed by atoms with E-state index in [1.165, 1.54) is 18.6 Å². The van der Waals surface area contributed by atoms with Gasteiger partial charge in [0.25, 0.3) is 0 Å². The SMILES string of the molecule is CCC(C)S(=O)/C=C/C(=O)OC. The lowest BCUT2D eigenvalue weighted by molar-refractivity contribution is -0.134. The second-order valence-electron chi connectivity index (χ2n) is 2.37. The fourth-order valence-corrected chi connectivity index (χ4v) is 1.33. The van der Waals surface area contributed by atoms with Gasteiger partial charge >= 0.3 is 5.97 Å². The Morgan fingerprint density at radius 1 is 1.67 bits per heavy atom. The van der Waals surface area contributed by atoms with E-state index in [1.54, 1.807) is 0 Å². The summed E-state index contributed by atoms with van der Waals surface area (Å²) in [5.74, 6) is -0.466. The zero-order chi connectivity index (χ0) is 9.56. The van der Waals surface area contributed by atoms with Gasteiger partial charge in [-0.2, -0.15) is 0 Å². The van der Waals surface area contributed by atoms with E-state index in [2.05, 4.69) is 4.74 Å². The molecule has 0 spiro atoms. The number of esters is 1. The van der Waals surface area contributed by atoms with Crippen LogP contribution in [0.2, 0.25) is 0 Å². The molecule has 0 radical (unpaired) electrons. The molecule has 2 unspecified atom stereocenters. The number of hydrogen-bond donors (Lipinski definition) is 0. The first-order chi connectivity index (χ1) is 5.61. The Hall–Kier alpha value is -0.640. The summed E-state index contributed by atoms with van der Waals surface area (Å²) >= 11 is 0. The Balaban J connectivity index is 3.99. The van der Waals surface area contributed by atoms with E-state index in [0.29, 0.717) is 0 Å². The molecule has 0 N–H and O–H groups in total. The van der Waals surface area contributed by atoms with Gasteiger partial charge in [-0.1, -0.05) is 13.8 Å². The van der Waals surface area contributed by atoms with E-state index in [1.807, 2.05) is 13.8 Å². The Morgan fingerprint density at radius 3 is 2.67 bits per heavy atom. The number of rotatable bonds is 4. The average molecular weight is 190 g/mol. The predicted octanol–water partition coefficient (Wildman–Crippen LogP) is 1.22. The summed E-state index contributed by atoms with van der Waals surface area (Å²) in [5.41, 5.74) is 0. The lowest BCUT2D eigenvalue weighted by atomic mass is 10.4. The molecule has 0 rings (SSSR count). The smallest absolute Gasteiger partial charge is 0.331 e. The van der Waals surface area contributed by atoms with Crippen molar-refractivity contribution < 1.29 is 13.7 Å². The van der Waals surface area contributed by atoms with Crippen molar-refractivity contribution in [2.24, 2.45) is 0 Å². The minimum Gasteiger partial charge on any atom is -0.466 e. The molecule has 0 aromatic carbocycles. The highest BCUT2D eigenvalue weighted by Crippen LogP contribution is 2.01. The number of carbonyl (C=O) groups is 1. The third kappa shape index (κ3) is 4.28. The van der Waals surface area contributed by atoms with E-state index >= 15 is 0 Å². The maximum absolute atomic E-state index is 11.2. The molecule has 0 amide bonds. The number of carbonyl (C=O) groups excluding carboxylic acids is 1. The Bertz CT molecular complexity index is 198. The maximum atomic E-state index is 11.2. The van der Waals surface area contributed by atoms with Crippen LogP contribution in [-0.4, -0.2) is 22.5 Å². The van der Waals surface area contributed by atoms with Crippen LogP contribution in [0.15, 0.2) is 11.5 Å². The predicted molar refractivity (Wildman–Crippen MR) is 49.1 cm³/mol. The van der Waals surface area contributed by atoms with Gasteiger partial charge in [-0.15, -0.1) is 0 Å². The summed E-state index contributed by atoms with van der Waals surface area (Å²) < 4.78 is 15.6. The molecule has 0 aliphatic carbocycles. The lowest BCUT2D eigenvalue weighted by Crippen LogP contribution is -2.06. The van der Waals surface area contributed by atoms with Crippen molar-refractivity contribution in [2.75, 3.05) is 7.11 Å². The molecule has 0 aromatic rings. The highest BCUT2D eigenvalue weighted by atomic mass is 32.2. The van der Waals surface area contributed by atoms with Crippen LogP contribution in [0.3, 0.4) is 0 Å². The van der Waals surface area contributed by atoms with Crippen LogP contribution in [0, 0.1) is 0 Å². The molecule has 0 bridgehead atoms. The van der Waals surface area contributed by atoms with Gasteiger partial charge in [0.05, 0.1) is 7.11 Å². The van der Waals surface area contributed by atoms with Crippen molar-refractivity contribution in [2.45, 2.75) is 25.5 Å². The van der Waals surface area contributed by atoms with E-state index in [0.717, 1.165) is 6.42 Å². The topological polar surface area (TPSA) is 43.4 Å². The third-order valence-electron chi connectivity index (χ3n) is 1.51. The standard InChI is InChI=1S/C8H14O3S/c1-4-7(2)12(10)6-5-8(9)11-3/h5-7H,4H2,1-3H3/b6-5+. The highest BCUT2D eigenvalue weighted by molar-refractivity contribution is 7.88. The minimum atomic E-state index is -1.07. The fourth-order valence-electron chi connectivity index (χ4n) is 0.489. The summed E-state index contributed by atoms with van der Waals surface area (Å²) in [6.45, 7) is 3.83. The molecule has 3 nitrogen and oxygen atoms in total. The first-order valence-corrected chi connectivity index (χ1v) is 5.05. The Kier molecular flexibility index (Phi) is 5.62. The van der Waals surface area contributed by atoms with Crippen LogP contribution in [0.4, 0.5) is 0 Å². The fraction of sp³-hybridized carbons (Fsp3) is 0.625. The van der Waals surface area contributed by atoms with Crippen LogP contribution in [-0.2, 0) is 20.3 Å². The summed E-state index contributed by atoms with van der Waals surface area (Å²) in [4.78, 5) is 10.6. The van der Waals surface area contributed by atoms with Gasteiger partial charge < -0.3 is 4.74 Å². The van der Waals surface area contributed by atoms with E-state index in [9.17, 15) is 9.00 Å². The molecule has 0 aliphatic heterocycles. The maximum Gasteiger partial charge on any atom is 0.331 e. The Labute approximate surface area is 75.3 Å². The number of methoxy groups -OCH3 is 1. The highest BCUT2D eigenvalue weighted by Gasteiger charge is 2.04. The monoisotopic (exact) mass is 190 g/mol. The van der Waals surface area contributed by atoms with Gasteiger partial charge in [-0.3, -0.25) is 4.21 Å². The first-order valence-electron chi connectivity index (χ1n) is 3.77. The molecular formula is C8H14O3S. The number of hydrogen-bond acceptors (Lipinski definition) is 3. The molecule has 0 fully saturated rings. The van der Waals surface area contributed by atoms with Crippen molar-refractivity contribution in [1.82, 2.24) is 0 Å². The molecule has 4 heteroatoms. The van der Waals surface area contributed by atoms with Crippen LogP contribution < -0.4 is 0 Å². The van der Waals surface area contributed by atoms with Crippen molar-refractivity contribution in [3.8, 4) is 0 Å². The lowest BCUT2D eigenvalue weighted by Gasteiger charge is -2.02. The normalized spacial score (nSPS) is 15.9. The van der Waals surface area contributed by atoms with Crippen molar-refractivity contribution in [3.63, 3.8) is 0 Å². The van der Waals surface area contributed by atoms with Gasteiger partial charge in [0, 0.05) is 27.5 Å². The molecule has 0 saturated carbocycles. The van der Waals surface area contributed by atoms with Crippen molar-refractivity contribution in [1.29, 1.82) is 0 Å². The summed E-state index contributed by atoms with van der Waals surface area (Å²) in [7, 11) is 0.222. The van der Waals surface area contributed by atoms with Crippen molar-refractivity contribution in [3.05, 3.63) is 11.5 Å². The molecule has 0 heterocycles. The van der Waals surface area contributed by atoms with E-state index < -0.39 is 16.8 Å². The largest absolute Gasteiger partial charge is 0.466 e. The Morgan fingerprint density at radius 2 is 2.25 bits per heavy atom. The van der Waals surface area contributed by atoms with Gasteiger partial charge in [-0.25, -0.2) is 4.79 Å². The molecular weight excluding hydrogens is 176 g/mol. The summed E-state index contributed by atoms with van der Waals surface area (Å²) in [6.07, 6.45) is 2.03. The molecule has 0 saturated heterocycles.